The van der Waals surface area contributed by atoms with Crippen molar-refractivity contribution in [3.63, 3.8) is 0 Å². The number of hydrogen-bond donors (Lipinski definition) is 2. The Morgan fingerprint density at radius 1 is 1.00 bits per heavy atom. The predicted octanol–water partition coefficient (Wildman–Crippen LogP) is 3.77. The maximum Gasteiger partial charge on any atom is 0.237 e. The summed E-state index contributed by atoms with van der Waals surface area (Å²) in [4.78, 5) is 12.5. The van der Waals surface area contributed by atoms with Crippen LogP contribution < -0.4 is 15.6 Å². The van der Waals surface area contributed by atoms with Crippen LogP contribution in [0.2, 0.25) is 0 Å². The van der Waals surface area contributed by atoms with E-state index in [0.717, 1.165) is 28.5 Å². The summed E-state index contributed by atoms with van der Waals surface area (Å²) in [7, 11) is 1.68. The van der Waals surface area contributed by atoms with Gasteiger partial charge in [0, 0.05) is 11.5 Å². The van der Waals surface area contributed by atoms with Crippen molar-refractivity contribution in [1.82, 2.24) is 10.9 Å². The van der Waals surface area contributed by atoms with Crippen molar-refractivity contribution < 1.29 is 9.53 Å². The van der Waals surface area contributed by atoms with Crippen LogP contribution in [-0.2, 0) is 11.2 Å². The molecule has 1 fully saturated rings. The molecule has 0 saturated carbocycles. The van der Waals surface area contributed by atoms with Gasteiger partial charge in [-0.1, -0.05) is 60.7 Å². The number of benzene rings is 3. The molecule has 1 saturated heterocycles. The number of rotatable bonds is 4. The second-order valence-electron chi connectivity index (χ2n) is 6.70. The first-order chi connectivity index (χ1) is 12.8. The predicted molar refractivity (Wildman–Crippen MR) is 103 cm³/mol. The first-order valence-electron chi connectivity index (χ1n) is 8.91. The van der Waals surface area contributed by atoms with Gasteiger partial charge in [0.1, 0.15) is 5.75 Å². The number of carbonyl (C=O) groups is 1. The van der Waals surface area contributed by atoms with Gasteiger partial charge in [-0.15, -0.1) is 0 Å². The van der Waals surface area contributed by atoms with Gasteiger partial charge in [0.2, 0.25) is 5.91 Å². The van der Waals surface area contributed by atoms with Crippen LogP contribution in [0.4, 0.5) is 0 Å². The third-order valence-electron chi connectivity index (χ3n) is 5.13. The molecule has 1 amide bonds. The van der Waals surface area contributed by atoms with Gasteiger partial charge in [0.05, 0.1) is 13.2 Å². The van der Waals surface area contributed by atoms with E-state index in [1.54, 1.807) is 7.11 Å². The molecule has 0 aromatic heterocycles. The van der Waals surface area contributed by atoms with Crippen molar-refractivity contribution in [3.05, 3.63) is 77.9 Å². The Kier molecular flexibility index (Phi) is 4.59. The summed E-state index contributed by atoms with van der Waals surface area (Å²) in [5.41, 5.74) is 8.27. The van der Waals surface area contributed by atoms with Crippen molar-refractivity contribution in [2.75, 3.05) is 7.11 Å². The summed E-state index contributed by atoms with van der Waals surface area (Å²) in [6.07, 6.45) is 1.41. The summed E-state index contributed by atoms with van der Waals surface area (Å²) < 4.78 is 5.59. The molecule has 1 aliphatic heterocycles. The Morgan fingerprint density at radius 2 is 1.77 bits per heavy atom. The fourth-order valence-corrected chi connectivity index (χ4v) is 3.76. The van der Waals surface area contributed by atoms with Crippen molar-refractivity contribution in [2.24, 2.45) is 5.92 Å². The van der Waals surface area contributed by atoms with E-state index in [0.29, 0.717) is 6.42 Å². The monoisotopic (exact) mass is 346 g/mol. The third kappa shape index (κ3) is 3.16. The van der Waals surface area contributed by atoms with Crippen LogP contribution in [0.15, 0.2) is 66.7 Å². The lowest BCUT2D eigenvalue weighted by atomic mass is 9.86. The molecule has 0 radical (unpaired) electrons. The smallest absolute Gasteiger partial charge is 0.237 e. The Morgan fingerprint density at radius 3 is 2.58 bits per heavy atom. The van der Waals surface area contributed by atoms with Gasteiger partial charge >= 0.3 is 0 Å². The van der Waals surface area contributed by atoms with Gasteiger partial charge in [0.15, 0.2) is 0 Å². The number of amides is 1. The number of carbonyl (C=O) groups excluding carboxylic acids is 1. The van der Waals surface area contributed by atoms with Crippen LogP contribution in [0.3, 0.4) is 0 Å². The molecule has 0 spiro atoms. The molecule has 1 heterocycles. The van der Waals surface area contributed by atoms with Gasteiger partial charge < -0.3 is 4.74 Å². The van der Waals surface area contributed by atoms with E-state index >= 15 is 0 Å². The molecule has 3 aromatic carbocycles. The van der Waals surface area contributed by atoms with Crippen LogP contribution in [0.1, 0.15) is 23.6 Å². The topological polar surface area (TPSA) is 50.4 Å². The summed E-state index contributed by atoms with van der Waals surface area (Å²) in [5, 5.41) is 2.31. The molecule has 132 valence electrons. The van der Waals surface area contributed by atoms with E-state index in [2.05, 4.69) is 41.2 Å². The Balaban J connectivity index is 1.65. The van der Waals surface area contributed by atoms with Crippen LogP contribution in [0, 0.1) is 5.92 Å². The number of methoxy groups -OCH3 is 1. The quantitative estimate of drug-likeness (QED) is 0.756. The average molecular weight is 346 g/mol. The van der Waals surface area contributed by atoms with Crippen molar-refractivity contribution in [1.29, 1.82) is 0 Å². The highest BCUT2D eigenvalue weighted by Gasteiger charge is 2.30. The fourth-order valence-electron chi connectivity index (χ4n) is 3.76. The van der Waals surface area contributed by atoms with Crippen LogP contribution in [0.5, 0.6) is 5.75 Å². The maximum atomic E-state index is 12.5. The first kappa shape index (κ1) is 16.6. The number of nitrogens with one attached hydrogen (secondary N) is 2. The first-order valence-corrected chi connectivity index (χ1v) is 8.91. The zero-order valence-electron chi connectivity index (χ0n) is 14.7. The van der Waals surface area contributed by atoms with Gasteiger partial charge in [-0.05, 0) is 35.2 Å². The van der Waals surface area contributed by atoms with Crippen molar-refractivity contribution in [3.8, 4) is 5.75 Å². The average Bonchev–Trinajstić information content (AvgIpc) is 2.70. The van der Waals surface area contributed by atoms with Crippen molar-refractivity contribution >= 4 is 16.7 Å². The van der Waals surface area contributed by atoms with Gasteiger partial charge in [-0.3, -0.25) is 10.2 Å². The molecule has 2 N–H and O–H groups in total. The molecule has 1 aliphatic rings. The lowest BCUT2D eigenvalue weighted by molar-refractivity contribution is -0.128. The molecule has 0 bridgehead atoms. The van der Waals surface area contributed by atoms with E-state index in [1.807, 2.05) is 36.4 Å². The minimum atomic E-state index is -0.110. The zero-order valence-corrected chi connectivity index (χ0v) is 14.7. The molecule has 4 heteroatoms. The summed E-state index contributed by atoms with van der Waals surface area (Å²) in [6.45, 7) is 0. The molecule has 0 aliphatic carbocycles. The molecule has 2 unspecified atom stereocenters. The lowest BCUT2D eigenvalue weighted by Crippen LogP contribution is -2.49. The molecule has 4 nitrogen and oxygen atoms in total. The van der Waals surface area contributed by atoms with Gasteiger partial charge in [-0.25, -0.2) is 5.43 Å². The van der Waals surface area contributed by atoms with E-state index in [-0.39, 0.29) is 17.9 Å². The van der Waals surface area contributed by atoms with E-state index in [9.17, 15) is 4.79 Å². The van der Waals surface area contributed by atoms with Gasteiger partial charge in [-0.2, -0.15) is 0 Å². The fraction of sp³-hybridized carbons (Fsp3) is 0.227. The standard InChI is InChI=1S/C22H22N2O2/c1-26-21-12-11-15-7-5-6-10-18(15)19(21)13-17-14-20(23-24-22(17)25)16-8-3-2-4-9-16/h2-12,17,20,23H,13-14H2,1H3,(H,24,25). The largest absolute Gasteiger partial charge is 0.496 e. The number of fused-ring (bicyclic) bond motifs is 1. The lowest BCUT2D eigenvalue weighted by Gasteiger charge is -2.31. The van der Waals surface area contributed by atoms with Gasteiger partial charge in [0.25, 0.3) is 0 Å². The highest BCUT2D eigenvalue weighted by molar-refractivity contribution is 5.89. The normalized spacial score (nSPS) is 20.0. The molecule has 26 heavy (non-hydrogen) atoms. The maximum absolute atomic E-state index is 12.5. The Hall–Kier alpha value is -2.85. The molecule has 2 atom stereocenters. The minimum absolute atomic E-state index is 0.0344. The van der Waals surface area contributed by atoms with E-state index < -0.39 is 0 Å². The molecule has 4 rings (SSSR count). The molecular weight excluding hydrogens is 324 g/mol. The summed E-state index contributed by atoms with van der Waals surface area (Å²) in [6, 6.07) is 22.6. The van der Waals surface area contributed by atoms with Crippen LogP contribution >= 0.6 is 0 Å². The van der Waals surface area contributed by atoms with E-state index in [4.69, 9.17) is 4.74 Å². The Bertz CT molecular complexity index is 924. The minimum Gasteiger partial charge on any atom is -0.496 e. The second kappa shape index (κ2) is 7.18. The number of hydrogen-bond acceptors (Lipinski definition) is 3. The molecule has 3 aromatic rings. The second-order valence-corrected chi connectivity index (χ2v) is 6.70. The SMILES string of the molecule is COc1ccc2ccccc2c1CC1CC(c2ccccc2)NNC1=O. The zero-order chi connectivity index (χ0) is 17.9. The highest BCUT2D eigenvalue weighted by atomic mass is 16.5. The number of hydrazine groups is 1. The summed E-state index contributed by atoms with van der Waals surface area (Å²) >= 11 is 0. The third-order valence-corrected chi connectivity index (χ3v) is 5.13. The number of ether oxygens (including phenoxy) is 1. The Labute approximate surface area is 153 Å². The van der Waals surface area contributed by atoms with Crippen molar-refractivity contribution in [2.45, 2.75) is 18.9 Å². The van der Waals surface area contributed by atoms with E-state index in [1.165, 1.54) is 5.56 Å². The van der Waals surface area contributed by atoms with Crippen LogP contribution in [-0.4, -0.2) is 13.0 Å². The van der Waals surface area contributed by atoms with Crippen LogP contribution in [0.25, 0.3) is 10.8 Å². The molecular formula is C22H22N2O2. The summed E-state index contributed by atoms with van der Waals surface area (Å²) in [5.74, 6) is 0.764. The highest BCUT2D eigenvalue weighted by Crippen LogP contribution is 2.33.